The molecule has 7 nitrogen and oxygen atoms in total. The number of halogens is 3. The number of amides is 1. The SMILES string of the molecule is [C-]#[N+]c1ccc(-c2nc(C(=O)N3CCC[C@@H](N)C3)c(Cl)n2-c2ccc(OC)c(F)c2)cc1F. The number of imidazole rings is 1. The molecule has 2 N–H and O–H groups in total. The number of carbonyl (C=O) groups is 1. The maximum Gasteiger partial charge on any atom is 0.275 e. The molecule has 0 bridgehead atoms. The fourth-order valence-electron chi connectivity index (χ4n) is 3.84. The smallest absolute Gasteiger partial charge is 0.275 e. The van der Waals surface area contributed by atoms with E-state index >= 15 is 0 Å². The van der Waals surface area contributed by atoms with E-state index in [0.29, 0.717) is 13.1 Å². The summed E-state index contributed by atoms with van der Waals surface area (Å²) in [6, 6.07) is 7.94. The van der Waals surface area contributed by atoms with Gasteiger partial charge in [-0.25, -0.2) is 18.6 Å². The summed E-state index contributed by atoms with van der Waals surface area (Å²) < 4.78 is 35.2. The number of benzene rings is 2. The lowest BCUT2D eigenvalue weighted by molar-refractivity contribution is 0.0703. The second-order valence-electron chi connectivity index (χ2n) is 7.66. The van der Waals surface area contributed by atoms with Crippen LogP contribution in [0.5, 0.6) is 5.75 Å². The summed E-state index contributed by atoms with van der Waals surface area (Å²) in [5, 5.41) is -0.0478. The molecule has 1 saturated heterocycles. The minimum atomic E-state index is -0.746. The molecular weight excluding hydrogens is 452 g/mol. The van der Waals surface area contributed by atoms with Gasteiger partial charge >= 0.3 is 0 Å². The Balaban J connectivity index is 1.88. The third-order valence-electron chi connectivity index (χ3n) is 5.49. The predicted octanol–water partition coefficient (Wildman–Crippen LogP) is 4.59. The fourth-order valence-corrected chi connectivity index (χ4v) is 4.14. The van der Waals surface area contributed by atoms with Crippen LogP contribution in [0, 0.1) is 18.2 Å². The van der Waals surface area contributed by atoms with Crippen molar-refractivity contribution in [2.75, 3.05) is 20.2 Å². The largest absolute Gasteiger partial charge is 0.494 e. The van der Waals surface area contributed by atoms with E-state index in [1.165, 1.54) is 35.9 Å². The average Bonchev–Trinajstić information content (AvgIpc) is 3.15. The van der Waals surface area contributed by atoms with Gasteiger partial charge in [0.1, 0.15) is 16.8 Å². The van der Waals surface area contributed by atoms with Crippen molar-refractivity contribution in [3.05, 3.63) is 70.3 Å². The molecule has 1 aliphatic rings. The molecule has 0 saturated carbocycles. The highest BCUT2D eigenvalue weighted by molar-refractivity contribution is 6.33. The van der Waals surface area contributed by atoms with Crippen LogP contribution in [0.25, 0.3) is 21.9 Å². The summed E-state index contributed by atoms with van der Waals surface area (Å²) in [6.45, 7) is 7.93. The Labute approximate surface area is 194 Å². The molecule has 1 aliphatic heterocycles. The molecule has 33 heavy (non-hydrogen) atoms. The minimum absolute atomic E-state index is 0.0302. The van der Waals surface area contributed by atoms with Crippen molar-refractivity contribution >= 4 is 23.2 Å². The molecule has 0 radical (unpaired) electrons. The van der Waals surface area contributed by atoms with Crippen molar-refractivity contribution in [2.45, 2.75) is 18.9 Å². The molecule has 2 heterocycles. The summed E-state index contributed by atoms with van der Waals surface area (Å²) in [4.78, 5) is 22.4. The number of hydrogen-bond acceptors (Lipinski definition) is 4. The number of likely N-dealkylation sites (tertiary alicyclic amines) is 1. The number of nitrogens with zero attached hydrogens (tertiary/aromatic N) is 4. The quantitative estimate of drug-likeness (QED) is 0.564. The summed E-state index contributed by atoms with van der Waals surface area (Å²) in [5.41, 5.74) is 6.35. The van der Waals surface area contributed by atoms with Crippen molar-refractivity contribution in [2.24, 2.45) is 5.73 Å². The minimum Gasteiger partial charge on any atom is -0.494 e. The van der Waals surface area contributed by atoms with Gasteiger partial charge in [-0.1, -0.05) is 23.7 Å². The van der Waals surface area contributed by atoms with Crippen LogP contribution in [0.2, 0.25) is 5.15 Å². The van der Waals surface area contributed by atoms with Gasteiger partial charge in [0.15, 0.2) is 17.3 Å². The molecule has 0 spiro atoms. The highest BCUT2D eigenvalue weighted by Crippen LogP contribution is 2.34. The van der Waals surface area contributed by atoms with Crippen molar-refractivity contribution in [3.63, 3.8) is 0 Å². The van der Waals surface area contributed by atoms with Crippen LogP contribution in [0.1, 0.15) is 23.3 Å². The number of piperidine rings is 1. The summed E-state index contributed by atoms with van der Waals surface area (Å²) in [6.07, 6.45) is 1.57. The Morgan fingerprint density at radius 2 is 2.06 bits per heavy atom. The van der Waals surface area contributed by atoms with E-state index in [2.05, 4.69) is 9.83 Å². The van der Waals surface area contributed by atoms with Crippen LogP contribution in [0.3, 0.4) is 0 Å². The molecular formula is C23H20ClF2N5O2. The van der Waals surface area contributed by atoms with Crippen molar-refractivity contribution in [1.82, 2.24) is 14.5 Å². The van der Waals surface area contributed by atoms with E-state index in [4.69, 9.17) is 28.6 Å². The number of nitrogens with two attached hydrogens (primary N) is 1. The van der Waals surface area contributed by atoms with Gasteiger partial charge in [0.25, 0.3) is 5.91 Å². The molecule has 10 heteroatoms. The zero-order valence-corrected chi connectivity index (χ0v) is 18.4. The van der Waals surface area contributed by atoms with Gasteiger partial charge in [0.2, 0.25) is 5.69 Å². The van der Waals surface area contributed by atoms with E-state index in [1.54, 1.807) is 11.0 Å². The van der Waals surface area contributed by atoms with Gasteiger partial charge in [0, 0.05) is 30.8 Å². The van der Waals surface area contributed by atoms with E-state index in [0.717, 1.165) is 18.9 Å². The van der Waals surface area contributed by atoms with E-state index < -0.39 is 17.5 Å². The number of aromatic nitrogens is 2. The lowest BCUT2D eigenvalue weighted by atomic mass is 10.1. The first kappa shape index (κ1) is 22.7. The van der Waals surface area contributed by atoms with Crippen LogP contribution >= 0.6 is 11.6 Å². The third-order valence-corrected chi connectivity index (χ3v) is 5.84. The van der Waals surface area contributed by atoms with Crippen LogP contribution in [0.4, 0.5) is 14.5 Å². The fraction of sp³-hybridized carbons (Fsp3) is 0.261. The Morgan fingerprint density at radius 1 is 1.27 bits per heavy atom. The highest BCUT2D eigenvalue weighted by Gasteiger charge is 2.29. The summed E-state index contributed by atoms with van der Waals surface area (Å²) in [5.74, 6) is -1.64. The van der Waals surface area contributed by atoms with Gasteiger partial charge in [-0.2, -0.15) is 0 Å². The molecule has 1 aromatic heterocycles. The Morgan fingerprint density at radius 3 is 2.70 bits per heavy atom. The molecule has 3 aromatic rings. The first-order chi connectivity index (χ1) is 15.8. The maximum absolute atomic E-state index is 14.5. The monoisotopic (exact) mass is 471 g/mol. The second-order valence-corrected chi connectivity index (χ2v) is 8.02. The second kappa shape index (κ2) is 9.17. The number of hydrogen-bond donors (Lipinski definition) is 1. The molecule has 0 aliphatic carbocycles. The highest BCUT2D eigenvalue weighted by atomic mass is 35.5. The molecule has 4 rings (SSSR count). The van der Waals surface area contributed by atoms with E-state index in [9.17, 15) is 13.6 Å². The lowest BCUT2D eigenvalue weighted by Gasteiger charge is -2.30. The van der Waals surface area contributed by atoms with E-state index in [1.807, 2.05) is 0 Å². The molecule has 170 valence electrons. The molecule has 1 fully saturated rings. The van der Waals surface area contributed by atoms with Gasteiger partial charge < -0.3 is 15.4 Å². The van der Waals surface area contributed by atoms with Crippen LogP contribution in [0.15, 0.2) is 36.4 Å². The molecule has 2 aromatic carbocycles. The Kier molecular flexibility index (Phi) is 6.31. The standard InChI is InChI=1S/C23H20ClF2N5O2/c1-28-18-7-5-13(10-16(18)25)22-29-20(23(32)30-9-3-4-14(27)12-30)21(24)31(22)15-6-8-19(33-2)17(26)11-15/h5-8,10-11,14H,3-4,9,12,27H2,2H3/t14-/m1/s1. The normalized spacial score (nSPS) is 15.9. The Hall–Kier alpha value is -3.48. The molecule has 1 atom stereocenters. The maximum atomic E-state index is 14.5. The molecule has 1 amide bonds. The Bertz CT molecular complexity index is 1270. The van der Waals surface area contributed by atoms with Gasteiger partial charge in [-0.05, 0) is 31.0 Å². The first-order valence-electron chi connectivity index (χ1n) is 10.2. The van der Waals surface area contributed by atoms with Crippen LogP contribution in [-0.4, -0.2) is 46.6 Å². The zero-order chi connectivity index (χ0) is 23.7. The summed E-state index contributed by atoms with van der Waals surface area (Å²) >= 11 is 6.61. The average molecular weight is 472 g/mol. The third kappa shape index (κ3) is 4.27. The number of ether oxygens (including phenoxy) is 1. The van der Waals surface area contributed by atoms with Gasteiger partial charge in [-0.3, -0.25) is 9.36 Å². The lowest BCUT2D eigenvalue weighted by Crippen LogP contribution is -2.45. The van der Waals surface area contributed by atoms with Crippen LogP contribution in [-0.2, 0) is 0 Å². The van der Waals surface area contributed by atoms with Crippen molar-refractivity contribution < 1.29 is 18.3 Å². The van der Waals surface area contributed by atoms with Crippen molar-refractivity contribution in [3.8, 4) is 22.8 Å². The topological polar surface area (TPSA) is 77.7 Å². The van der Waals surface area contributed by atoms with Crippen molar-refractivity contribution in [1.29, 1.82) is 0 Å². The van der Waals surface area contributed by atoms with Gasteiger partial charge in [-0.15, -0.1) is 0 Å². The number of methoxy groups -OCH3 is 1. The van der Waals surface area contributed by atoms with Gasteiger partial charge in [0.05, 0.1) is 19.4 Å². The van der Waals surface area contributed by atoms with E-state index in [-0.39, 0.29) is 45.4 Å². The predicted molar refractivity (Wildman–Crippen MR) is 120 cm³/mol. The number of carbonyl (C=O) groups excluding carboxylic acids is 1. The number of rotatable bonds is 4. The molecule has 0 unspecified atom stereocenters. The zero-order valence-electron chi connectivity index (χ0n) is 17.7. The van der Waals surface area contributed by atoms with Crippen LogP contribution < -0.4 is 10.5 Å². The summed E-state index contributed by atoms with van der Waals surface area (Å²) in [7, 11) is 1.34. The first-order valence-corrected chi connectivity index (χ1v) is 10.6.